The number of amides is 1. The van der Waals surface area contributed by atoms with Crippen LogP contribution in [0.15, 0.2) is 60.1 Å². The topological polar surface area (TPSA) is 54.0 Å². The maximum Gasteiger partial charge on any atom is 0.265 e. The lowest BCUT2D eigenvalue weighted by Crippen LogP contribution is -2.10. The molecule has 6 heteroatoms. The Morgan fingerprint density at radius 1 is 1.13 bits per heavy atom. The molecule has 0 atom stereocenters. The normalized spacial score (nSPS) is 10.3. The van der Waals surface area contributed by atoms with E-state index in [2.05, 4.69) is 15.6 Å². The Bertz CT molecular complexity index is 771. The monoisotopic (exact) mass is 327 g/mol. The molecule has 23 heavy (non-hydrogen) atoms. The lowest BCUT2D eigenvalue weighted by molar-refractivity contribution is 0.103. The van der Waals surface area contributed by atoms with Crippen LogP contribution in [-0.2, 0) is 6.54 Å². The van der Waals surface area contributed by atoms with E-state index in [1.165, 1.54) is 23.5 Å². The number of carbonyl (C=O) groups is 1. The van der Waals surface area contributed by atoms with Crippen molar-refractivity contribution in [2.45, 2.75) is 6.54 Å². The van der Waals surface area contributed by atoms with Gasteiger partial charge in [-0.05, 0) is 41.3 Å². The molecule has 3 aromatic rings. The molecule has 0 aliphatic heterocycles. The summed E-state index contributed by atoms with van der Waals surface area (Å²) in [7, 11) is 0. The third-order valence-electron chi connectivity index (χ3n) is 3.15. The minimum atomic E-state index is -0.252. The first-order chi connectivity index (χ1) is 11.2. The van der Waals surface area contributed by atoms with E-state index in [4.69, 9.17) is 0 Å². The fraction of sp³-hybridized carbons (Fsp3) is 0.0588. The second-order valence-corrected chi connectivity index (χ2v) is 5.79. The zero-order valence-corrected chi connectivity index (χ0v) is 12.9. The molecule has 0 saturated heterocycles. The summed E-state index contributed by atoms with van der Waals surface area (Å²) >= 11 is 1.39. The molecule has 116 valence electrons. The van der Waals surface area contributed by atoms with Crippen LogP contribution in [0.4, 0.5) is 15.9 Å². The molecule has 2 aromatic heterocycles. The minimum absolute atomic E-state index is 0.145. The third kappa shape index (κ3) is 4.14. The van der Waals surface area contributed by atoms with Gasteiger partial charge in [0.15, 0.2) is 0 Å². The highest BCUT2D eigenvalue weighted by atomic mass is 32.1. The van der Waals surface area contributed by atoms with Crippen molar-refractivity contribution in [3.63, 3.8) is 0 Å². The molecule has 0 aliphatic carbocycles. The standard InChI is InChI=1S/C17H14FN3OS/c18-13-5-3-12(4-6-13)10-19-16-8-7-14(11-20-16)21-17(22)15-2-1-9-23-15/h1-9,11H,10H2,(H,19,20)(H,21,22). The lowest BCUT2D eigenvalue weighted by atomic mass is 10.2. The van der Waals surface area contributed by atoms with E-state index in [-0.39, 0.29) is 11.7 Å². The summed E-state index contributed by atoms with van der Waals surface area (Å²) in [6, 6.07) is 13.5. The van der Waals surface area contributed by atoms with Gasteiger partial charge in [0.05, 0.1) is 16.8 Å². The van der Waals surface area contributed by atoms with E-state index in [1.807, 2.05) is 11.4 Å². The Morgan fingerprint density at radius 2 is 1.96 bits per heavy atom. The first-order valence-corrected chi connectivity index (χ1v) is 7.88. The van der Waals surface area contributed by atoms with Gasteiger partial charge in [-0.25, -0.2) is 9.37 Å². The van der Waals surface area contributed by atoms with Crippen molar-refractivity contribution in [3.8, 4) is 0 Å². The van der Waals surface area contributed by atoms with Gasteiger partial charge in [-0.15, -0.1) is 11.3 Å². The first-order valence-electron chi connectivity index (χ1n) is 7.00. The van der Waals surface area contributed by atoms with Gasteiger partial charge in [-0.2, -0.15) is 0 Å². The smallest absolute Gasteiger partial charge is 0.265 e. The largest absolute Gasteiger partial charge is 0.366 e. The second kappa shape index (κ2) is 7.02. The van der Waals surface area contributed by atoms with Gasteiger partial charge in [0.2, 0.25) is 0 Å². The summed E-state index contributed by atoms with van der Waals surface area (Å²) in [5, 5.41) is 7.79. The summed E-state index contributed by atoms with van der Waals surface area (Å²) in [6.07, 6.45) is 1.60. The quantitative estimate of drug-likeness (QED) is 0.740. The molecule has 0 fully saturated rings. The maximum atomic E-state index is 12.8. The number of hydrogen-bond acceptors (Lipinski definition) is 4. The summed E-state index contributed by atoms with van der Waals surface area (Å²) in [6.45, 7) is 0.550. The van der Waals surface area contributed by atoms with Crippen molar-refractivity contribution in [2.75, 3.05) is 10.6 Å². The number of rotatable bonds is 5. The third-order valence-corrected chi connectivity index (χ3v) is 4.02. The molecule has 0 saturated carbocycles. The van der Waals surface area contributed by atoms with E-state index in [9.17, 15) is 9.18 Å². The van der Waals surface area contributed by atoms with Crippen LogP contribution in [0.3, 0.4) is 0 Å². The van der Waals surface area contributed by atoms with Crippen molar-refractivity contribution in [3.05, 3.63) is 76.4 Å². The highest BCUT2D eigenvalue weighted by molar-refractivity contribution is 7.12. The fourth-order valence-electron chi connectivity index (χ4n) is 1.97. The van der Waals surface area contributed by atoms with Crippen molar-refractivity contribution in [2.24, 2.45) is 0 Å². The molecule has 2 N–H and O–H groups in total. The number of halogens is 1. The van der Waals surface area contributed by atoms with Crippen LogP contribution in [0.5, 0.6) is 0 Å². The van der Waals surface area contributed by atoms with Crippen LogP contribution in [0.1, 0.15) is 15.2 Å². The van der Waals surface area contributed by atoms with Crippen LogP contribution < -0.4 is 10.6 Å². The first kappa shape index (κ1) is 15.2. The Kier molecular flexibility index (Phi) is 4.63. The Balaban J connectivity index is 1.56. The molecule has 0 radical (unpaired) electrons. The Morgan fingerprint density at radius 3 is 2.61 bits per heavy atom. The number of nitrogens with zero attached hydrogens (tertiary/aromatic N) is 1. The van der Waals surface area contributed by atoms with Crippen LogP contribution in [0, 0.1) is 5.82 Å². The maximum absolute atomic E-state index is 12.8. The van der Waals surface area contributed by atoms with E-state index >= 15 is 0 Å². The van der Waals surface area contributed by atoms with Gasteiger partial charge >= 0.3 is 0 Å². The number of thiophene rings is 1. The SMILES string of the molecule is O=C(Nc1ccc(NCc2ccc(F)cc2)nc1)c1cccs1. The fourth-order valence-corrected chi connectivity index (χ4v) is 2.59. The number of aromatic nitrogens is 1. The molecule has 0 bridgehead atoms. The number of benzene rings is 1. The predicted molar refractivity (Wildman–Crippen MR) is 90.2 cm³/mol. The second-order valence-electron chi connectivity index (χ2n) is 4.84. The number of carbonyl (C=O) groups excluding carboxylic acids is 1. The Hall–Kier alpha value is -2.73. The molecular weight excluding hydrogens is 313 g/mol. The van der Waals surface area contributed by atoms with E-state index in [1.54, 1.807) is 36.5 Å². The van der Waals surface area contributed by atoms with E-state index < -0.39 is 0 Å². The van der Waals surface area contributed by atoms with Crippen LogP contribution in [0.25, 0.3) is 0 Å². The van der Waals surface area contributed by atoms with Crippen LogP contribution >= 0.6 is 11.3 Å². The zero-order valence-electron chi connectivity index (χ0n) is 12.1. The molecule has 3 rings (SSSR count). The van der Waals surface area contributed by atoms with Gasteiger partial charge in [0.25, 0.3) is 5.91 Å². The molecular formula is C17H14FN3OS. The number of pyridine rings is 1. The number of nitrogens with one attached hydrogen (secondary N) is 2. The summed E-state index contributed by atoms with van der Waals surface area (Å²) in [5.41, 5.74) is 1.60. The molecule has 0 spiro atoms. The molecule has 1 aromatic carbocycles. The van der Waals surface area contributed by atoms with Gasteiger partial charge in [0, 0.05) is 6.54 Å². The highest BCUT2D eigenvalue weighted by Gasteiger charge is 2.06. The van der Waals surface area contributed by atoms with Crippen LogP contribution in [0.2, 0.25) is 0 Å². The average molecular weight is 327 g/mol. The zero-order chi connectivity index (χ0) is 16.1. The van der Waals surface area contributed by atoms with E-state index in [0.29, 0.717) is 22.9 Å². The highest BCUT2D eigenvalue weighted by Crippen LogP contribution is 2.14. The van der Waals surface area contributed by atoms with Crippen molar-refractivity contribution in [1.29, 1.82) is 0 Å². The minimum Gasteiger partial charge on any atom is -0.366 e. The van der Waals surface area contributed by atoms with Crippen LogP contribution in [-0.4, -0.2) is 10.9 Å². The van der Waals surface area contributed by atoms with Gasteiger partial charge in [-0.1, -0.05) is 18.2 Å². The predicted octanol–water partition coefficient (Wildman–Crippen LogP) is 4.15. The Labute approximate surface area is 137 Å². The van der Waals surface area contributed by atoms with Crippen molar-refractivity contribution >= 4 is 28.7 Å². The van der Waals surface area contributed by atoms with Crippen molar-refractivity contribution in [1.82, 2.24) is 4.98 Å². The van der Waals surface area contributed by atoms with E-state index in [0.717, 1.165) is 5.56 Å². The van der Waals surface area contributed by atoms with Gasteiger partial charge in [-0.3, -0.25) is 4.79 Å². The average Bonchev–Trinajstić information content (AvgIpc) is 3.10. The molecule has 2 heterocycles. The molecule has 0 aliphatic rings. The summed E-state index contributed by atoms with van der Waals surface area (Å²) < 4.78 is 12.8. The molecule has 1 amide bonds. The summed E-state index contributed by atoms with van der Waals surface area (Å²) in [4.78, 5) is 16.8. The van der Waals surface area contributed by atoms with Gasteiger partial charge in [0.1, 0.15) is 11.6 Å². The molecule has 4 nitrogen and oxygen atoms in total. The molecule has 0 unspecified atom stereocenters. The summed E-state index contributed by atoms with van der Waals surface area (Å²) in [5.74, 6) is 0.287. The number of anilines is 2. The lowest BCUT2D eigenvalue weighted by Gasteiger charge is -2.07. The van der Waals surface area contributed by atoms with Gasteiger partial charge < -0.3 is 10.6 Å². The number of hydrogen-bond donors (Lipinski definition) is 2. The van der Waals surface area contributed by atoms with Crippen molar-refractivity contribution < 1.29 is 9.18 Å².